The number of nitrogens with zero attached hydrogens (tertiary/aromatic N) is 3. The second-order valence-electron chi connectivity index (χ2n) is 4.97. The Hall–Kier alpha value is -3.20. The fourth-order valence-corrected chi connectivity index (χ4v) is 2.33. The zero-order chi connectivity index (χ0) is 17.2. The lowest BCUT2D eigenvalue weighted by atomic mass is 9.99. The van der Waals surface area contributed by atoms with Gasteiger partial charge in [0.05, 0.1) is 28.2 Å². The van der Waals surface area contributed by atoms with Crippen molar-refractivity contribution in [3.63, 3.8) is 0 Å². The number of pyridine rings is 2. The van der Waals surface area contributed by atoms with E-state index >= 15 is 0 Å². The zero-order valence-electron chi connectivity index (χ0n) is 12.2. The number of rotatable bonds is 2. The largest absolute Gasteiger partial charge is 0.417 e. The molecule has 6 heteroatoms. The summed E-state index contributed by atoms with van der Waals surface area (Å²) in [7, 11) is 0. The Kier molecular flexibility index (Phi) is 4.00. The molecule has 3 nitrogen and oxygen atoms in total. The van der Waals surface area contributed by atoms with Gasteiger partial charge in [-0.2, -0.15) is 18.4 Å². The first-order chi connectivity index (χ1) is 11.5. The van der Waals surface area contributed by atoms with Gasteiger partial charge in [0.25, 0.3) is 0 Å². The van der Waals surface area contributed by atoms with Crippen molar-refractivity contribution < 1.29 is 13.2 Å². The molecule has 2 heterocycles. The fraction of sp³-hybridized carbons (Fsp3) is 0.0556. The minimum absolute atomic E-state index is 0.00595. The van der Waals surface area contributed by atoms with Crippen molar-refractivity contribution in [3.05, 3.63) is 71.9 Å². The van der Waals surface area contributed by atoms with Crippen molar-refractivity contribution in [2.75, 3.05) is 0 Å². The molecule has 2 aromatic heterocycles. The number of halogens is 3. The normalized spacial score (nSPS) is 11.1. The van der Waals surface area contributed by atoms with Crippen molar-refractivity contribution in [2.24, 2.45) is 0 Å². The second-order valence-corrected chi connectivity index (χ2v) is 4.97. The molecular formula is C18H10F3N3. The van der Waals surface area contributed by atoms with E-state index in [1.807, 2.05) is 0 Å². The van der Waals surface area contributed by atoms with E-state index in [1.165, 1.54) is 6.20 Å². The lowest BCUT2D eigenvalue weighted by molar-refractivity contribution is -0.137. The van der Waals surface area contributed by atoms with Crippen molar-refractivity contribution in [1.82, 2.24) is 9.97 Å². The Morgan fingerprint density at radius 2 is 1.62 bits per heavy atom. The molecule has 3 aromatic rings. The second kappa shape index (κ2) is 6.13. The number of aromatic nitrogens is 2. The molecule has 0 aliphatic rings. The number of benzene rings is 1. The molecule has 0 aliphatic heterocycles. The maximum absolute atomic E-state index is 13.4. The van der Waals surface area contributed by atoms with Crippen LogP contribution in [0.4, 0.5) is 13.2 Å². The summed E-state index contributed by atoms with van der Waals surface area (Å²) in [6.07, 6.45) is -3.19. The lowest BCUT2D eigenvalue weighted by Crippen LogP contribution is -2.11. The molecule has 0 atom stereocenters. The van der Waals surface area contributed by atoms with Gasteiger partial charge in [-0.25, -0.2) is 4.98 Å². The molecule has 0 amide bonds. The van der Waals surface area contributed by atoms with E-state index in [1.54, 1.807) is 54.6 Å². The monoisotopic (exact) mass is 325 g/mol. The highest BCUT2D eigenvalue weighted by Gasteiger charge is 2.36. The summed E-state index contributed by atoms with van der Waals surface area (Å²) in [6.45, 7) is 0. The van der Waals surface area contributed by atoms with E-state index in [4.69, 9.17) is 0 Å². The van der Waals surface area contributed by atoms with Crippen molar-refractivity contribution in [3.8, 4) is 28.7 Å². The molecule has 3 rings (SSSR count). The van der Waals surface area contributed by atoms with Crippen molar-refractivity contribution in [2.45, 2.75) is 6.18 Å². The van der Waals surface area contributed by atoms with Gasteiger partial charge >= 0.3 is 6.18 Å². The molecule has 0 unspecified atom stereocenters. The van der Waals surface area contributed by atoms with Crippen LogP contribution in [0.15, 0.2) is 60.8 Å². The molecule has 0 saturated heterocycles. The molecular weight excluding hydrogens is 315 g/mol. The quantitative estimate of drug-likeness (QED) is 0.686. The minimum atomic E-state index is -4.67. The fourth-order valence-electron chi connectivity index (χ4n) is 2.33. The Balaban J connectivity index is 2.34. The molecule has 0 aliphatic carbocycles. The predicted octanol–water partition coefficient (Wildman–Crippen LogP) is 4.70. The minimum Gasteiger partial charge on any atom is -0.255 e. The number of hydrogen-bond donors (Lipinski definition) is 0. The van der Waals surface area contributed by atoms with Crippen LogP contribution in [0.5, 0.6) is 0 Å². The molecule has 0 N–H and O–H groups in total. The van der Waals surface area contributed by atoms with Crippen LogP contribution in [-0.2, 0) is 6.18 Å². The molecule has 118 valence electrons. The Morgan fingerprint density at radius 1 is 0.917 bits per heavy atom. The van der Waals surface area contributed by atoms with Gasteiger partial charge in [-0.15, -0.1) is 0 Å². The summed E-state index contributed by atoms with van der Waals surface area (Å²) >= 11 is 0. The van der Waals surface area contributed by atoms with Gasteiger partial charge in [-0.05, 0) is 18.2 Å². The molecule has 24 heavy (non-hydrogen) atoms. The summed E-state index contributed by atoms with van der Waals surface area (Å²) in [4.78, 5) is 8.32. The van der Waals surface area contributed by atoms with E-state index in [2.05, 4.69) is 9.97 Å². The van der Waals surface area contributed by atoms with Gasteiger partial charge in [0, 0.05) is 11.8 Å². The third-order valence-electron chi connectivity index (χ3n) is 3.41. The summed E-state index contributed by atoms with van der Waals surface area (Å²) in [5.74, 6) is 0. The van der Waals surface area contributed by atoms with Gasteiger partial charge in [0.15, 0.2) is 0 Å². The number of nitriles is 1. The Morgan fingerprint density at radius 3 is 2.21 bits per heavy atom. The maximum atomic E-state index is 13.4. The first kappa shape index (κ1) is 15.7. The standard InChI is InChI=1S/C18H10F3N3/c19-18(20,21)14-10-16(15-8-4-5-9-23-15)24-17(13(14)11-22)12-6-2-1-3-7-12/h1-10H. The van der Waals surface area contributed by atoms with Crippen LogP contribution >= 0.6 is 0 Å². The number of hydrogen-bond acceptors (Lipinski definition) is 3. The number of alkyl halides is 3. The summed E-state index contributed by atoms with van der Waals surface area (Å²) in [6, 6.07) is 15.7. The van der Waals surface area contributed by atoms with Gasteiger partial charge in [-0.3, -0.25) is 4.98 Å². The maximum Gasteiger partial charge on any atom is 0.417 e. The molecule has 0 saturated carbocycles. The summed E-state index contributed by atoms with van der Waals surface area (Å²) in [5.41, 5.74) is -0.691. The molecule has 0 fully saturated rings. The van der Waals surface area contributed by atoms with E-state index in [0.29, 0.717) is 11.3 Å². The van der Waals surface area contributed by atoms with Crippen molar-refractivity contribution >= 4 is 0 Å². The van der Waals surface area contributed by atoms with Crippen LogP contribution in [0.2, 0.25) is 0 Å². The molecule has 0 spiro atoms. The predicted molar refractivity (Wildman–Crippen MR) is 82.6 cm³/mol. The van der Waals surface area contributed by atoms with Gasteiger partial charge in [-0.1, -0.05) is 36.4 Å². The van der Waals surface area contributed by atoms with Crippen LogP contribution < -0.4 is 0 Å². The van der Waals surface area contributed by atoms with E-state index in [0.717, 1.165) is 6.07 Å². The van der Waals surface area contributed by atoms with Gasteiger partial charge < -0.3 is 0 Å². The third kappa shape index (κ3) is 2.97. The highest BCUT2D eigenvalue weighted by Crippen LogP contribution is 2.37. The smallest absolute Gasteiger partial charge is 0.255 e. The SMILES string of the molecule is N#Cc1c(C(F)(F)F)cc(-c2ccccn2)nc1-c1ccccc1. The van der Waals surface area contributed by atoms with Crippen LogP contribution in [0.25, 0.3) is 22.6 Å². The van der Waals surface area contributed by atoms with E-state index in [-0.39, 0.29) is 11.4 Å². The van der Waals surface area contributed by atoms with Crippen molar-refractivity contribution in [1.29, 1.82) is 5.26 Å². The topological polar surface area (TPSA) is 49.6 Å². The van der Waals surface area contributed by atoms with Crippen LogP contribution in [0.3, 0.4) is 0 Å². The van der Waals surface area contributed by atoms with Gasteiger partial charge in [0.1, 0.15) is 6.07 Å². The first-order valence-electron chi connectivity index (χ1n) is 7.00. The van der Waals surface area contributed by atoms with E-state index in [9.17, 15) is 18.4 Å². The zero-order valence-corrected chi connectivity index (χ0v) is 12.2. The highest BCUT2D eigenvalue weighted by atomic mass is 19.4. The van der Waals surface area contributed by atoms with Gasteiger partial charge in [0.2, 0.25) is 0 Å². The summed E-state index contributed by atoms with van der Waals surface area (Å²) < 4.78 is 40.3. The first-order valence-corrected chi connectivity index (χ1v) is 7.00. The van der Waals surface area contributed by atoms with Crippen LogP contribution in [0.1, 0.15) is 11.1 Å². The summed E-state index contributed by atoms with van der Waals surface area (Å²) in [5, 5.41) is 9.28. The molecule has 0 bridgehead atoms. The molecule has 1 aromatic carbocycles. The Bertz CT molecular complexity index is 899. The molecule has 0 radical (unpaired) electrons. The highest BCUT2D eigenvalue weighted by molar-refractivity contribution is 5.72. The Labute approximate surface area is 136 Å². The lowest BCUT2D eigenvalue weighted by Gasteiger charge is -2.14. The van der Waals surface area contributed by atoms with E-state index < -0.39 is 17.3 Å². The average Bonchev–Trinajstić information content (AvgIpc) is 2.61. The average molecular weight is 325 g/mol. The van der Waals surface area contributed by atoms with Crippen LogP contribution in [-0.4, -0.2) is 9.97 Å². The third-order valence-corrected chi connectivity index (χ3v) is 3.41. The van der Waals surface area contributed by atoms with Crippen LogP contribution in [0, 0.1) is 11.3 Å².